The van der Waals surface area contributed by atoms with E-state index in [1.807, 2.05) is 0 Å². The van der Waals surface area contributed by atoms with Crippen LogP contribution in [0.4, 0.5) is 17.6 Å². The lowest BCUT2D eigenvalue weighted by atomic mass is 10.1. The van der Waals surface area contributed by atoms with Gasteiger partial charge in [0.2, 0.25) is 0 Å². The van der Waals surface area contributed by atoms with Crippen molar-refractivity contribution in [2.75, 3.05) is 0 Å². The highest BCUT2D eigenvalue weighted by Gasteiger charge is 2.29. The Morgan fingerprint density at radius 1 is 1.23 bits per heavy atom. The first-order chi connectivity index (χ1) is 5.88. The maximum Gasteiger partial charge on any atom is 0.396 e. The molecular weight excluding hydrogens is 252 g/mol. The summed E-state index contributed by atoms with van der Waals surface area (Å²) in [7, 11) is 0. The van der Waals surface area contributed by atoms with Crippen molar-refractivity contribution in [3.8, 4) is 0 Å². The Hall–Kier alpha value is -0.580. The molecule has 0 fully saturated rings. The zero-order valence-electron chi connectivity index (χ0n) is 6.20. The molecule has 0 aliphatic rings. The van der Waals surface area contributed by atoms with E-state index in [2.05, 4.69) is 15.9 Å². The Bertz CT molecular complexity index is 306. The van der Waals surface area contributed by atoms with Crippen molar-refractivity contribution in [3.63, 3.8) is 0 Å². The normalized spacial score (nSPS) is 11.8. The van der Waals surface area contributed by atoms with Gasteiger partial charge in [-0.2, -0.15) is 13.2 Å². The third-order valence-electron chi connectivity index (χ3n) is 1.28. The van der Waals surface area contributed by atoms with Gasteiger partial charge in [0.15, 0.2) is 0 Å². The van der Waals surface area contributed by atoms with Gasteiger partial charge in [0, 0.05) is 4.47 Å². The van der Waals surface area contributed by atoms with Crippen LogP contribution in [0.3, 0.4) is 0 Å². The van der Waals surface area contributed by atoms with E-state index in [0.29, 0.717) is 0 Å². The molecule has 0 atom stereocenters. The third-order valence-corrected chi connectivity index (χ3v) is 1.97. The van der Waals surface area contributed by atoms with Crippen molar-refractivity contribution < 1.29 is 17.6 Å². The van der Waals surface area contributed by atoms with Crippen molar-refractivity contribution in [1.82, 2.24) is 0 Å². The maximum atomic E-state index is 12.5. The van der Waals surface area contributed by atoms with E-state index in [1.165, 1.54) is 0 Å². The average Bonchev–Trinajstić information content (AvgIpc) is 1.93. The van der Waals surface area contributed by atoms with Gasteiger partial charge in [-0.05, 0) is 17.7 Å². The Morgan fingerprint density at radius 2 is 1.85 bits per heavy atom. The molecule has 0 spiro atoms. The summed E-state index contributed by atoms with van der Waals surface area (Å²) in [6, 6.07) is 3.02. The van der Waals surface area contributed by atoms with Gasteiger partial charge in [-0.1, -0.05) is 22.0 Å². The topological polar surface area (TPSA) is 0 Å². The Morgan fingerprint density at radius 3 is 2.31 bits per heavy atom. The minimum atomic E-state index is -4.39. The van der Waals surface area contributed by atoms with Crippen LogP contribution < -0.4 is 0 Å². The minimum absolute atomic E-state index is 0.0878. The molecule has 0 nitrogen and oxygen atoms in total. The molecule has 71 valence electrons. The van der Waals surface area contributed by atoms with Gasteiger partial charge in [0.05, 0.1) is 6.42 Å². The number of halogens is 5. The summed E-state index contributed by atoms with van der Waals surface area (Å²) in [6.07, 6.45) is -4.28. The maximum absolute atomic E-state index is 12.5. The summed E-state index contributed by atoms with van der Waals surface area (Å²) in [4.78, 5) is 0. The number of rotatable bonds is 1. The fourth-order valence-corrected chi connectivity index (χ4v) is 1.26. The smallest absolute Gasteiger partial charge is 0.207 e. The molecule has 0 bridgehead atoms. The fourth-order valence-electron chi connectivity index (χ4n) is 0.795. The Kier molecular flexibility index (Phi) is 2.95. The fraction of sp³-hybridized carbons (Fsp3) is 0.125. The summed E-state index contributed by atoms with van der Waals surface area (Å²) in [5.74, 6) is -0.578. The van der Waals surface area contributed by atoms with Crippen molar-refractivity contribution in [2.45, 2.75) is 6.18 Å². The molecule has 0 amide bonds. The van der Waals surface area contributed by atoms with Crippen molar-refractivity contribution in [1.29, 1.82) is 0 Å². The van der Waals surface area contributed by atoms with E-state index < -0.39 is 12.0 Å². The molecule has 5 heteroatoms. The van der Waals surface area contributed by atoms with Crippen LogP contribution in [0, 0.1) is 12.2 Å². The Balaban J connectivity index is 2.90. The van der Waals surface area contributed by atoms with Crippen LogP contribution in [0.25, 0.3) is 0 Å². The molecule has 13 heavy (non-hydrogen) atoms. The molecule has 0 aromatic heterocycles. The number of alkyl halides is 3. The predicted molar refractivity (Wildman–Crippen MR) is 43.6 cm³/mol. The summed E-state index contributed by atoms with van der Waals surface area (Å²) in [5, 5.41) is 0. The molecule has 1 rings (SSSR count). The number of benzene rings is 1. The second kappa shape index (κ2) is 3.65. The average molecular weight is 256 g/mol. The first-order valence-electron chi connectivity index (χ1n) is 3.26. The lowest BCUT2D eigenvalue weighted by molar-refractivity contribution is -0.0928. The van der Waals surface area contributed by atoms with E-state index >= 15 is 0 Å². The van der Waals surface area contributed by atoms with Gasteiger partial charge in [0.1, 0.15) is 5.82 Å². The lowest BCUT2D eigenvalue weighted by Crippen LogP contribution is -2.09. The standard InChI is InChI=1S/C8H4BrF4/c9-7-3-6(10)2-1-5(7)4-8(11,12)13/h1-4H. The van der Waals surface area contributed by atoms with Crippen LogP contribution in [0.1, 0.15) is 5.56 Å². The van der Waals surface area contributed by atoms with Crippen molar-refractivity contribution >= 4 is 15.9 Å². The molecule has 0 N–H and O–H groups in total. The quantitative estimate of drug-likeness (QED) is 0.672. The van der Waals surface area contributed by atoms with Crippen LogP contribution in [0.2, 0.25) is 0 Å². The summed E-state index contributed by atoms with van der Waals surface area (Å²) in [5.41, 5.74) is -0.0890. The van der Waals surface area contributed by atoms with E-state index in [1.54, 1.807) is 0 Å². The van der Waals surface area contributed by atoms with Gasteiger partial charge in [0.25, 0.3) is 0 Å². The molecule has 0 aliphatic carbocycles. The summed E-state index contributed by atoms with van der Waals surface area (Å²) >= 11 is 2.83. The molecule has 0 unspecified atom stereocenters. The largest absolute Gasteiger partial charge is 0.396 e. The highest BCUT2D eigenvalue weighted by Crippen LogP contribution is 2.28. The lowest BCUT2D eigenvalue weighted by Gasteiger charge is -2.07. The minimum Gasteiger partial charge on any atom is -0.207 e. The van der Waals surface area contributed by atoms with Crippen LogP contribution in [-0.2, 0) is 0 Å². The highest BCUT2D eigenvalue weighted by molar-refractivity contribution is 9.10. The Labute approximate surface area is 80.7 Å². The van der Waals surface area contributed by atoms with E-state index in [-0.39, 0.29) is 16.5 Å². The van der Waals surface area contributed by atoms with Crippen LogP contribution >= 0.6 is 15.9 Å². The molecule has 0 saturated carbocycles. The molecular formula is C8H4BrF4. The monoisotopic (exact) mass is 255 g/mol. The highest BCUT2D eigenvalue weighted by atomic mass is 79.9. The third kappa shape index (κ3) is 3.34. The molecule has 0 aliphatic heterocycles. The second-order valence-corrected chi connectivity index (χ2v) is 3.21. The molecule has 1 radical (unpaired) electrons. The van der Waals surface area contributed by atoms with Crippen LogP contribution in [0.15, 0.2) is 22.7 Å². The first kappa shape index (κ1) is 10.5. The van der Waals surface area contributed by atoms with Gasteiger partial charge in [-0.3, -0.25) is 0 Å². The molecule has 1 aromatic carbocycles. The van der Waals surface area contributed by atoms with E-state index in [9.17, 15) is 17.6 Å². The van der Waals surface area contributed by atoms with Crippen molar-refractivity contribution in [2.24, 2.45) is 0 Å². The van der Waals surface area contributed by atoms with E-state index in [0.717, 1.165) is 18.2 Å². The number of hydrogen-bond acceptors (Lipinski definition) is 0. The predicted octanol–water partition coefficient (Wildman–Crippen LogP) is 3.70. The molecule has 0 heterocycles. The van der Waals surface area contributed by atoms with Crippen LogP contribution in [-0.4, -0.2) is 6.18 Å². The summed E-state index contributed by atoms with van der Waals surface area (Å²) < 4.78 is 48.1. The van der Waals surface area contributed by atoms with Gasteiger partial charge < -0.3 is 0 Å². The van der Waals surface area contributed by atoms with Gasteiger partial charge in [-0.15, -0.1) is 0 Å². The molecule has 1 aromatic rings. The first-order valence-corrected chi connectivity index (χ1v) is 4.05. The van der Waals surface area contributed by atoms with E-state index in [4.69, 9.17) is 0 Å². The molecule has 0 saturated heterocycles. The van der Waals surface area contributed by atoms with Gasteiger partial charge in [-0.25, -0.2) is 4.39 Å². The van der Waals surface area contributed by atoms with Crippen LogP contribution in [0.5, 0.6) is 0 Å². The summed E-state index contributed by atoms with van der Waals surface area (Å²) in [6.45, 7) is 0. The second-order valence-electron chi connectivity index (χ2n) is 2.35. The zero-order chi connectivity index (χ0) is 10.1. The van der Waals surface area contributed by atoms with Gasteiger partial charge >= 0.3 is 6.18 Å². The zero-order valence-corrected chi connectivity index (χ0v) is 7.79. The van der Waals surface area contributed by atoms with Crippen molar-refractivity contribution in [3.05, 3.63) is 40.5 Å². The SMILES string of the molecule is Fc1ccc([CH]C(F)(F)F)c(Br)c1. The number of hydrogen-bond donors (Lipinski definition) is 0.